The van der Waals surface area contributed by atoms with Gasteiger partial charge in [0, 0.05) is 22.6 Å². The van der Waals surface area contributed by atoms with Gasteiger partial charge in [-0.3, -0.25) is 4.79 Å². The number of hydrogen-bond donors (Lipinski definition) is 0. The molecular formula is C23H17N5OS. The molecule has 1 aromatic heterocycles. The molecule has 2 aromatic carbocycles. The molecule has 4 rings (SSSR count). The SMILES string of the molecule is CC1=NN(c2nc(-c3ccccc3)cs2)C(=O)[C@H]1[C@H](c1ccccc1)C(C#N)C#N. The van der Waals surface area contributed by atoms with Crippen molar-refractivity contribution in [2.45, 2.75) is 12.8 Å². The Morgan fingerprint density at radius 2 is 1.67 bits per heavy atom. The van der Waals surface area contributed by atoms with Crippen molar-refractivity contribution in [3.63, 3.8) is 0 Å². The Hall–Kier alpha value is -3.81. The lowest BCUT2D eigenvalue weighted by atomic mass is 9.76. The zero-order chi connectivity index (χ0) is 21.1. The first-order chi connectivity index (χ1) is 14.6. The maximum absolute atomic E-state index is 13.4. The van der Waals surface area contributed by atoms with Crippen LogP contribution in [0, 0.1) is 34.5 Å². The monoisotopic (exact) mass is 411 g/mol. The Labute approximate surface area is 178 Å². The Balaban J connectivity index is 1.68. The predicted octanol–water partition coefficient (Wildman–Crippen LogP) is 4.60. The van der Waals surface area contributed by atoms with E-state index in [0.29, 0.717) is 10.8 Å². The molecule has 0 spiro atoms. The molecule has 0 N–H and O–H groups in total. The average molecular weight is 411 g/mol. The lowest BCUT2D eigenvalue weighted by molar-refractivity contribution is -0.120. The fourth-order valence-corrected chi connectivity index (χ4v) is 4.46. The number of anilines is 1. The van der Waals surface area contributed by atoms with Crippen molar-refractivity contribution >= 4 is 28.1 Å². The van der Waals surface area contributed by atoms with Gasteiger partial charge in [0.2, 0.25) is 5.13 Å². The van der Waals surface area contributed by atoms with Gasteiger partial charge in [-0.05, 0) is 12.5 Å². The number of benzene rings is 2. The molecule has 0 aliphatic carbocycles. The van der Waals surface area contributed by atoms with Crippen LogP contribution in [0.15, 0.2) is 71.1 Å². The summed E-state index contributed by atoms with van der Waals surface area (Å²) in [5.41, 5.74) is 3.07. The van der Waals surface area contributed by atoms with Crippen molar-refractivity contribution in [2.75, 3.05) is 5.01 Å². The maximum atomic E-state index is 13.4. The minimum absolute atomic E-state index is 0.272. The van der Waals surface area contributed by atoms with Crippen molar-refractivity contribution in [2.24, 2.45) is 16.9 Å². The molecule has 0 fully saturated rings. The Morgan fingerprint density at radius 1 is 1.03 bits per heavy atom. The molecule has 0 radical (unpaired) electrons. The van der Waals surface area contributed by atoms with Gasteiger partial charge >= 0.3 is 0 Å². The minimum atomic E-state index is -0.970. The molecule has 3 aromatic rings. The molecule has 0 bridgehead atoms. The number of nitriles is 2. The molecule has 2 heterocycles. The van der Waals surface area contributed by atoms with E-state index in [4.69, 9.17) is 0 Å². The van der Waals surface area contributed by atoms with E-state index in [-0.39, 0.29) is 5.91 Å². The number of hydrazone groups is 1. The van der Waals surface area contributed by atoms with Gasteiger partial charge in [-0.1, -0.05) is 60.7 Å². The van der Waals surface area contributed by atoms with Crippen LogP contribution >= 0.6 is 11.3 Å². The average Bonchev–Trinajstić information content (AvgIpc) is 3.38. The van der Waals surface area contributed by atoms with Crippen molar-refractivity contribution in [1.29, 1.82) is 10.5 Å². The van der Waals surface area contributed by atoms with Gasteiger partial charge in [-0.2, -0.15) is 20.6 Å². The van der Waals surface area contributed by atoms with Crippen LogP contribution in [0.3, 0.4) is 0 Å². The van der Waals surface area contributed by atoms with E-state index in [9.17, 15) is 15.3 Å². The van der Waals surface area contributed by atoms with Gasteiger partial charge in [0.25, 0.3) is 5.91 Å². The summed E-state index contributed by atoms with van der Waals surface area (Å²) in [4.78, 5) is 18.0. The zero-order valence-corrected chi connectivity index (χ0v) is 17.0. The van der Waals surface area contributed by atoms with E-state index in [1.807, 2.05) is 78.2 Å². The van der Waals surface area contributed by atoms with E-state index >= 15 is 0 Å². The van der Waals surface area contributed by atoms with E-state index in [1.54, 1.807) is 6.92 Å². The highest BCUT2D eigenvalue weighted by Gasteiger charge is 2.45. The van der Waals surface area contributed by atoms with Crippen molar-refractivity contribution in [3.8, 4) is 23.4 Å². The van der Waals surface area contributed by atoms with Crippen molar-refractivity contribution < 1.29 is 4.79 Å². The molecule has 30 heavy (non-hydrogen) atoms. The van der Waals surface area contributed by atoms with Gasteiger partial charge in [0.1, 0.15) is 5.92 Å². The van der Waals surface area contributed by atoms with Gasteiger partial charge in [-0.25, -0.2) is 4.98 Å². The highest BCUT2D eigenvalue weighted by molar-refractivity contribution is 7.14. The summed E-state index contributed by atoms with van der Waals surface area (Å²) in [6.45, 7) is 1.76. The summed E-state index contributed by atoms with van der Waals surface area (Å²) in [6, 6.07) is 23.0. The summed E-state index contributed by atoms with van der Waals surface area (Å²) in [5, 5.41) is 27.2. The highest BCUT2D eigenvalue weighted by atomic mass is 32.1. The van der Waals surface area contributed by atoms with Crippen LogP contribution in [0.2, 0.25) is 0 Å². The zero-order valence-electron chi connectivity index (χ0n) is 16.1. The Bertz CT molecular complexity index is 1160. The Kier molecular flexibility index (Phi) is 5.38. The smallest absolute Gasteiger partial charge is 0.259 e. The topological polar surface area (TPSA) is 93.1 Å². The second-order valence-electron chi connectivity index (χ2n) is 6.92. The van der Waals surface area contributed by atoms with Crippen LogP contribution in [0.25, 0.3) is 11.3 Å². The molecule has 0 saturated heterocycles. The standard InChI is InChI=1S/C23H17N5OS/c1-15-20(21(18(12-24)13-25)17-10-6-3-7-11-17)22(29)28(27-15)23-26-19(14-30-23)16-8-4-2-5-9-16/h2-11,14,18,20-21H,1H3/t20-,21-/m1/s1. The molecule has 1 aliphatic heterocycles. The van der Waals surface area contributed by atoms with E-state index < -0.39 is 17.8 Å². The van der Waals surface area contributed by atoms with E-state index in [1.165, 1.54) is 16.3 Å². The fourth-order valence-electron chi connectivity index (χ4n) is 3.68. The summed E-state index contributed by atoms with van der Waals surface area (Å²) < 4.78 is 0. The molecule has 1 amide bonds. The molecule has 1 aliphatic rings. The number of carbonyl (C=O) groups is 1. The minimum Gasteiger partial charge on any atom is -0.272 e. The van der Waals surface area contributed by atoms with Gasteiger partial charge in [0.05, 0.1) is 23.8 Å². The van der Waals surface area contributed by atoms with Crippen LogP contribution in [0.5, 0.6) is 0 Å². The second-order valence-corrected chi connectivity index (χ2v) is 7.76. The third-order valence-electron chi connectivity index (χ3n) is 5.11. The molecule has 2 atom stereocenters. The number of nitrogens with zero attached hydrogens (tertiary/aromatic N) is 5. The fraction of sp³-hybridized carbons (Fsp3) is 0.174. The van der Waals surface area contributed by atoms with E-state index in [2.05, 4.69) is 10.1 Å². The van der Waals surface area contributed by atoms with Crippen molar-refractivity contribution in [3.05, 3.63) is 71.6 Å². The van der Waals surface area contributed by atoms with Crippen LogP contribution in [-0.2, 0) is 4.79 Å². The van der Waals surface area contributed by atoms with Crippen molar-refractivity contribution in [1.82, 2.24) is 4.98 Å². The third kappa shape index (κ3) is 3.47. The lowest BCUT2D eigenvalue weighted by Gasteiger charge is -2.23. The summed E-state index contributed by atoms with van der Waals surface area (Å²) >= 11 is 1.33. The second kappa shape index (κ2) is 8.28. The van der Waals surface area contributed by atoms with Gasteiger partial charge < -0.3 is 0 Å². The van der Waals surface area contributed by atoms with Crippen LogP contribution in [0.1, 0.15) is 18.4 Å². The number of hydrogen-bond acceptors (Lipinski definition) is 6. The molecular weight excluding hydrogens is 394 g/mol. The first-order valence-corrected chi connectivity index (χ1v) is 10.3. The van der Waals surface area contributed by atoms with E-state index in [0.717, 1.165) is 16.8 Å². The number of aromatic nitrogens is 1. The largest absolute Gasteiger partial charge is 0.272 e. The summed E-state index contributed by atoms with van der Waals surface area (Å²) in [5.74, 6) is -2.54. The lowest BCUT2D eigenvalue weighted by Crippen LogP contribution is -2.34. The van der Waals surface area contributed by atoms with Crippen LogP contribution in [0.4, 0.5) is 5.13 Å². The maximum Gasteiger partial charge on any atom is 0.259 e. The quantitative estimate of drug-likeness (QED) is 0.613. The first-order valence-electron chi connectivity index (χ1n) is 9.38. The highest BCUT2D eigenvalue weighted by Crippen LogP contribution is 2.39. The van der Waals surface area contributed by atoms with Gasteiger partial charge in [0.15, 0.2) is 0 Å². The number of amides is 1. The third-order valence-corrected chi connectivity index (χ3v) is 5.92. The van der Waals surface area contributed by atoms with Crippen LogP contribution < -0.4 is 5.01 Å². The Morgan fingerprint density at radius 3 is 2.30 bits per heavy atom. The molecule has 6 nitrogen and oxygen atoms in total. The van der Waals surface area contributed by atoms with Gasteiger partial charge in [-0.15, -0.1) is 11.3 Å². The predicted molar refractivity (Wildman–Crippen MR) is 116 cm³/mol. The molecule has 0 saturated carbocycles. The summed E-state index contributed by atoms with van der Waals surface area (Å²) in [7, 11) is 0. The molecule has 146 valence electrons. The summed E-state index contributed by atoms with van der Waals surface area (Å²) in [6.07, 6.45) is 0. The normalized spacial score (nSPS) is 16.8. The molecule has 7 heteroatoms. The molecule has 0 unspecified atom stereocenters. The first kappa shape index (κ1) is 19.5. The van der Waals surface area contributed by atoms with Crippen LogP contribution in [-0.4, -0.2) is 16.6 Å². The number of rotatable bonds is 5. The number of thiazole rings is 1. The number of carbonyl (C=O) groups excluding carboxylic acids is 1.